The van der Waals surface area contributed by atoms with Gasteiger partial charge in [-0.15, -0.1) is 0 Å². The number of anilines is 2. The number of urea groups is 1. The molecule has 0 saturated carbocycles. The summed E-state index contributed by atoms with van der Waals surface area (Å²) in [5, 5.41) is 5.54. The van der Waals surface area contributed by atoms with E-state index in [0.29, 0.717) is 36.2 Å². The van der Waals surface area contributed by atoms with Crippen LogP contribution in [-0.2, 0) is 11.3 Å². The summed E-state index contributed by atoms with van der Waals surface area (Å²) >= 11 is 0. The number of carbonyl (C=O) groups is 1. The van der Waals surface area contributed by atoms with E-state index in [-0.39, 0.29) is 12.6 Å². The van der Waals surface area contributed by atoms with Crippen LogP contribution < -0.4 is 25.0 Å². The Kier molecular flexibility index (Phi) is 6.49. The zero-order chi connectivity index (χ0) is 19.9. The molecule has 0 spiro atoms. The van der Waals surface area contributed by atoms with Crippen molar-refractivity contribution in [3.05, 3.63) is 35.8 Å². The van der Waals surface area contributed by atoms with Crippen LogP contribution in [0.3, 0.4) is 0 Å². The number of aromatic nitrogens is 2. The molecule has 9 heteroatoms. The fraction of sp³-hybridized carbons (Fsp3) is 0.421. The largest absolute Gasteiger partial charge is 0.493 e. The zero-order valence-electron chi connectivity index (χ0n) is 16.3. The first-order valence-corrected chi connectivity index (χ1v) is 9.03. The van der Waals surface area contributed by atoms with Crippen molar-refractivity contribution in [1.29, 1.82) is 0 Å². The molecule has 0 unspecified atom stereocenters. The van der Waals surface area contributed by atoms with Crippen LogP contribution in [0.5, 0.6) is 11.5 Å². The predicted octanol–water partition coefficient (Wildman–Crippen LogP) is 1.96. The second-order valence-corrected chi connectivity index (χ2v) is 6.26. The Balaban J connectivity index is 1.60. The minimum absolute atomic E-state index is 0.220. The van der Waals surface area contributed by atoms with Gasteiger partial charge in [0.1, 0.15) is 11.6 Å². The second kappa shape index (κ2) is 9.23. The minimum atomic E-state index is -0.356. The van der Waals surface area contributed by atoms with E-state index in [1.54, 1.807) is 32.4 Å². The Morgan fingerprint density at radius 1 is 1.14 bits per heavy atom. The lowest BCUT2D eigenvalue weighted by atomic mass is 10.3. The number of benzene rings is 1. The highest BCUT2D eigenvalue weighted by Crippen LogP contribution is 2.29. The molecule has 150 valence electrons. The van der Waals surface area contributed by atoms with E-state index in [9.17, 15) is 4.79 Å². The highest BCUT2D eigenvalue weighted by atomic mass is 16.5. The molecule has 28 heavy (non-hydrogen) atoms. The second-order valence-electron chi connectivity index (χ2n) is 6.26. The number of hydrogen-bond donors (Lipinski definition) is 2. The molecule has 3 rings (SSSR count). The number of nitrogens with one attached hydrogen (secondary N) is 2. The molecule has 1 aromatic heterocycles. The number of aryl methyl sites for hydroxylation is 1. The minimum Gasteiger partial charge on any atom is -0.493 e. The average Bonchev–Trinajstić information content (AvgIpc) is 2.72. The number of carbonyl (C=O) groups excluding carboxylic acids is 1. The lowest BCUT2D eigenvalue weighted by Gasteiger charge is -2.28. The molecule has 2 N–H and O–H groups in total. The Morgan fingerprint density at radius 3 is 2.61 bits per heavy atom. The van der Waals surface area contributed by atoms with E-state index >= 15 is 0 Å². The Morgan fingerprint density at radius 2 is 1.89 bits per heavy atom. The molecule has 2 amide bonds. The van der Waals surface area contributed by atoms with Crippen molar-refractivity contribution in [2.45, 2.75) is 13.5 Å². The maximum Gasteiger partial charge on any atom is 0.319 e. The molecular formula is C19H25N5O4. The number of nitrogens with zero attached hydrogens (tertiary/aromatic N) is 3. The molecule has 1 aromatic carbocycles. The molecule has 1 saturated heterocycles. The standard InChI is InChI=1S/C19H25N5O4/c1-13-10-18(24-6-8-28-9-7-24)23-17(21-13)12-20-19(25)22-14-4-5-15(26-2)16(11-14)27-3/h4-5,10-11H,6-9,12H2,1-3H3,(H2,20,22,25). The average molecular weight is 387 g/mol. The summed E-state index contributed by atoms with van der Waals surface area (Å²) in [6.45, 7) is 5.10. The summed E-state index contributed by atoms with van der Waals surface area (Å²) < 4.78 is 15.8. The van der Waals surface area contributed by atoms with Gasteiger partial charge in [0.15, 0.2) is 11.5 Å². The van der Waals surface area contributed by atoms with E-state index in [2.05, 4.69) is 25.5 Å². The predicted molar refractivity (Wildman–Crippen MR) is 105 cm³/mol. The number of rotatable bonds is 6. The molecule has 0 atom stereocenters. The van der Waals surface area contributed by atoms with E-state index in [1.165, 1.54) is 0 Å². The van der Waals surface area contributed by atoms with Crippen LogP contribution in [0.4, 0.5) is 16.3 Å². The van der Waals surface area contributed by atoms with Gasteiger partial charge in [0.25, 0.3) is 0 Å². The smallest absolute Gasteiger partial charge is 0.319 e. The van der Waals surface area contributed by atoms with E-state index in [0.717, 1.165) is 24.6 Å². The van der Waals surface area contributed by atoms with E-state index in [1.807, 2.05) is 13.0 Å². The number of methoxy groups -OCH3 is 2. The molecule has 0 bridgehead atoms. The van der Waals surface area contributed by atoms with Crippen molar-refractivity contribution in [1.82, 2.24) is 15.3 Å². The lowest BCUT2D eigenvalue weighted by molar-refractivity contribution is 0.122. The Bertz CT molecular complexity index is 824. The van der Waals surface area contributed by atoms with Gasteiger partial charge in [0.2, 0.25) is 0 Å². The van der Waals surface area contributed by atoms with E-state index in [4.69, 9.17) is 14.2 Å². The summed E-state index contributed by atoms with van der Waals surface area (Å²) in [7, 11) is 3.10. The summed E-state index contributed by atoms with van der Waals surface area (Å²) in [5.41, 5.74) is 1.45. The zero-order valence-corrected chi connectivity index (χ0v) is 16.3. The number of amides is 2. The number of morpholine rings is 1. The van der Waals surface area contributed by atoms with Crippen molar-refractivity contribution in [2.75, 3.05) is 50.7 Å². The third-order valence-electron chi connectivity index (χ3n) is 4.27. The SMILES string of the molecule is COc1ccc(NC(=O)NCc2nc(C)cc(N3CCOCC3)n2)cc1OC. The molecule has 0 radical (unpaired) electrons. The summed E-state index contributed by atoms with van der Waals surface area (Å²) in [6.07, 6.45) is 0. The summed E-state index contributed by atoms with van der Waals surface area (Å²) in [6, 6.07) is 6.74. The van der Waals surface area contributed by atoms with Gasteiger partial charge in [-0.05, 0) is 19.1 Å². The van der Waals surface area contributed by atoms with Gasteiger partial charge < -0.3 is 29.7 Å². The van der Waals surface area contributed by atoms with Gasteiger partial charge >= 0.3 is 6.03 Å². The van der Waals surface area contributed by atoms with Gasteiger partial charge in [0, 0.05) is 36.6 Å². The van der Waals surface area contributed by atoms with Gasteiger partial charge in [-0.3, -0.25) is 0 Å². The lowest BCUT2D eigenvalue weighted by Crippen LogP contribution is -2.37. The normalized spacial score (nSPS) is 13.8. The van der Waals surface area contributed by atoms with Crippen molar-refractivity contribution >= 4 is 17.5 Å². The van der Waals surface area contributed by atoms with Crippen molar-refractivity contribution in [3.8, 4) is 11.5 Å². The van der Waals surface area contributed by atoms with Crippen LogP contribution in [0.25, 0.3) is 0 Å². The maximum atomic E-state index is 12.2. The van der Waals surface area contributed by atoms with Crippen LogP contribution in [0.15, 0.2) is 24.3 Å². The Hall–Kier alpha value is -3.07. The van der Waals surface area contributed by atoms with Crippen LogP contribution >= 0.6 is 0 Å². The molecule has 0 aliphatic carbocycles. The number of ether oxygens (including phenoxy) is 3. The van der Waals surface area contributed by atoms with E-state index < -0.39 is 0 Å². The summed E-state index contributed by atoms with van der Waals surface area (Å²) in [5.74, 6) is 2.55. The summed E-state index contributed by atoms with van der Waals surface area (Å²) in [4.78, 5) is 23.4. The van der Waals surface area contributed by atoms with Crippen LogP contribution in [0.2, 0.25) is 0 Å². The topological polar surface area (TPSA) is 97.8 Å². The maximum absolute atomic E-state index is 12.2. The van der Waals surface area contributed by atoms with Crippen LogP contribution in [0.1, 0.15) is 11.5 Å². The number of hydrogen-bond acceptors (Lipinski definition) is 7. The van der Waals surface area contributed by atoms with Crippen molar-refractivity contribution in [3.63, 3.8) is 0 Å². The molecule has 9 nitrogen and oxygen atoms in total. The first-order chi connectivity index (χ1) is 13.6. The monoisotopic (exact) mass is 387 g/mol. The highest BCUT2D eigenvalue weighted by Gasteiger charge is 2.14. The van der Waals surface area contributed by atoms with Gasteiger partial charge in [-0.25, -0.2) is 14.8 Å². The van der Waals surface area contributed by atoms with Crippen LogP contribution in [-0.4, -0.2) is 56.5 Å². The van der Waals surface area contributed by atoms with Gasteiger partial charge in [0.05, 0.1) is 34.0 Å². The first-order valence-electron chi connectivity index (χ1n) is 9.03. The highest BCUT2D eigenvalue weighted by molar-refractivity contribution is 5.89. The molecular weight excluding hydrogens is 362 g/mol. The molecule has 2 heterocycles. The molecule has 1 aliphatic rings. The molecule has 1 aliphatic heterocycles. The van der Waals surface area contributed by atoms with Gasteiger partial charge in [-0.1, -0.05) is 0 Å². The molecule has 2 aromatic rings. The van der Waals surface area contributed by atoms with Crippen molar-refractivity contribution < 1.29 is 19.0 Å². The van der Waals surface area contributed by atoms with Gasteiger partial charge in [-0.2, -0.15) is 0 Å². The molecule has 1 fully saturated rings. The quantitative estimate of drug-likeness (QED) is 0.782. The van der Waals surface area contributed by atoms with Crippen molar-refractivity contribution in [2.24, 2.45) is 0 Å². The third-order valence-corrected chi connectivity index (χ3v) is 4.27. The third kappa shape index (κ3) is 5.01. The van der Waals surface area contributed by atoms with Crippen LogP contribution in [0, 0.1) is 6.92 Å². The fourth-order valence-corrected chi connectivity index (χ4v) is 2.89. The first kappa shape index (κ1) is 19.7. The fourth-order valence-electron chi connectivity index (χ4n) is 2.89. The Labute approximate surface area is 164 Å².